The van der Waals surface area contributed by atoms with Crippen LogP contribution in [0.15, 0.2) is 18.0 Å². The number of nitrogens with zero attached hydrogens (tertiary/aromatic N) is 2. The Balaban J connectivity index is 0.000000873. The minimum absolute atomic E-state index is 0.328. The first kappa shape index (κ1) is 16.6. The molecule has 0 aliphatic heterocycles. The molecule has 1 aliphatic carbocycles. The maximum Gasteiger partial charge on any atom is 0.225 e. The van der Waals surface area contributed by atoms with E-state index in [1.807, 2.05) is 18.0 Å². The first-order chi connectivity index (χ1) is 8.67. The molecule has 1 N–H and O–H groups in total. The summed E-state index contributed by atoms with van der Waals surface area (Å²) >= 11 is 0. The van der Waals surface area contributed by atoms with Crippen molar-refractivity contribution in [3.05, 3.63) is 17.6 Å². The molecule has 1 rings (SSSR count). The van der Waals surface area contributed by atoms with Crippen molar-refractivity contribution < 1.29 is 10.0 Å². The maximum atomic E-state index is 11.9. The Morgan fingerprint density at radius 1 is 1.44 bits per heavy atom. The molecular weight excluding hydrogens is 232 g/mol. The third-order valence-electron chi connectivity index (χ3n) is 3.23. The predicted molar refractivity (Wildman–Crippen MR) is 71.2 cm³/mol. The molecule has 0 unspecified atom stereocenters. The third kappa shape index (κ3) is 7.04. The Kier molecular flexibility index (Phi) is 9.91. The van der Waals surface area contributed by atoms with Gasteiger partial charge in [-0.2, -0.15) is 0 Å². The Morgan fingerprint density at radius 2 is 2.00 bits per heavy atom. The summed E-state index contributed by atoms with van der Waals surface area (Å²) in [5.74, 6) is 0.695. The molecule has 18 heavy (non-hydrogen) atoms. The van der Waals surface area contributed by atoms with Gasteiger partial charge in [0.2, 0.25) is 5.91 Å². The number of amides is 1. The van der Waals surface area contributed by atoms with E-state index in [4.69, 9.17) is 10.1 Å². The molecule has 0 heterocycles. The summed E-state index contributed by atoms with van der Waals surface area (Å²) < 4.78 is 0. The fourth-order valence-electron chi connectivity index (χ4n) is 2.23. The van der Waals surface area contributed by atoms with Crippen LogP contribution < -0.4 is 0 Å². The van der Waals surface area contributed by atoms with Crippen molar-refractivity contribution in [3.8, 4) is 0 Å². The zero-order chi connectivity index (χ0) is 13.8. The number of allylic oxidation sites excluding steroid dienone is 1. The van der Waals surface area contributed by atoms with Crippen LogP contribution in [0.4, 0.5) is 0 Å². The van der Waals surface area contributed by atoms with Gasteiger partial charge in [0.15, 0.2) is 5.34 Å². The second-order valence-corrected chi connectivity index (χ2v) is 4.61. The first-order valence-electron chi connectivity index (χ1n) is 6.50. The van der Waals surface area contributed by atoms with Gasteiger partial charge in [-0.05, 0) is 32.1 Å². The van der Waals surface area contributed by atoms with Crippen molar-refractivity contribution >= 4 is 5.91 Å². The van der Waals surface area contributed by atoms with Crippen molar-refractivity contribution in [1.29, 1.82) is 0 Å². The minimum Gasteiger partial charge on any atom is -0.379 e. The molecule has 1 amide bonds. The zero-order valence-corrected chi connectivity index (χ0v) is 11.2. The smallest absolute Gasteiger partial charge is 0.225 e. The second kappa shape index (κ2) is 10.7. The average molecular weight is 256 g/mol. The second-order valence-electron chi connectivity index (χ2n) is 4.61. The lowest BCUT2D eigenvalue weighted by Gasteiger charge is -2.20. The monoisotopic (exact) mass is 256 g/mol. The number of rotatable bonds is 6. The quantitative estimate of drug-likeness (QED) is 0.343. The summed E-state index contributed by atoms with van der Waals surface area (Å²) in [4.78, 5) is 21.9. The Morgan fingerprint density at radius 3 is 2.50 bits per heavy atom. The summed E-state index contributed by atoms with van der Waals surface area (Å²) in [7, 11) is 1.94. The van der Waals surface area contributed by atoms with Gasteiger partial charge < -0.3 is 10.1 Å². The van der Waals surface area contributed by atoms with Crippen LogP contribution in [0.2, 0.25) is 0 Å². The number of carbonyl (C=O) groups is 1. The lowest BCUT2D eigenvalue weighted by molar-refractivity contribution is -0.134. The van der Waals surface area contributed by atoms with Crippen molar-refractivity contribution in [2.24, 2.45) is 11.3 Å². The number of carbonyl (C=O) groups excluding carboxylic acids is 1. The highest BCUT2D eigenvalue weighted by molar-refractivity contribution is 5.78. The van der Waals surface area contributed by atoms with Gasteiger partial charge in [0.05, 0.1) is 0 Å². The van der Waals surface area contributed by atoms with Gasteiger partial charge in [-0.25, -0.2) is 0 Å². The van der Waals surface area contributed by atoms with E-state index in [2.05, 4.69) is 6.58 Å². The lowest BCUT2D eigenvalue weighted by Crippen LogP contribution is -2.32. The van der Waals surface area contributed by atoms with Crippen LogP contribution in [0.25, 0.3) is 0 Å². The molecule has 0 atom stereocenters. The molecule has 0 aromatic rings. The molecule has 5 nitrogen and oxygen atoms in total. The topological polar surface area (TPSA) is 70.0 Å². The van der Waals surface area contributed by atoms with Gasteiger partial charge in [-0.15, -0.1) is 11.5 Å². The van der Waals surface area contributed by atoms with Crippen LogP contribution in [0.1, 0.15) is 44.9 Å². The average Bonchev–Trinajstić information content (AvgIpc) is 2.88. The highest BCUT2D eigenvalue weighted by Gasteiger charge is 2.24. The molecule has 1 saturated carbocycles. The van der Waals surface area contributed by atoms with E-state index < -0.39 is 0 Å². The minimum atomic E-state index is 0.328. The normalized spacial score (nSPS) is 14.5. The van der Waals surface area contributed by atoms with Gasteiger partial charge >= 0.3 is 0 Å². The van der Waals surface area contributed by atoms with Crippen molar-refractivity contribution in [2.75, 3.05) is 13.6 Å². The molecular formula is C13H24N2O3. The van der Waals surface area contributed by atoms with Gasteiger partial charge in [-0.3, -0.25) is 4.79 Å². The van der Waals surface area contributed by atoms with Crippen molar-refractivity contribution in [3.63, 3.8) is 0 Å². The Bertz CT molecular complexity index is 251. The van der Waals surface area contributed by atoms with E-state index in [1.165, 1.54) is 18.2 Å². The van der Waals surface area contributed by atoms with Gasteiger partial charge in [-0.1, -0.05) is 18.9 Å². The van der Waals surface area contributed by atoms with E-state index in [0.29, 0.717) is 11.8 Å². The Hall–Kier alpha value is -1.39. The molecule has 5 heteroatoms. The van der Waals surface area contributed by atoms with Crippen LogP contribution in [-0.4, -0.2) is 29.6 Å². The first-order valence-corrected chi connectivity index (χ1v) is 6.50. The standard InChI is InChI=1S/C13H23NO.HNO2/c1-3-4-5-8-11-14(2)13(15)12-9-6-7-10-12;2-1-3/h3,12H,1,4-11H2,2H3;(H,2,3). The van der Waals surface area contributed by atoms with E-state index >= 15 is 0 Å². The third-order valence-corrected chi connectivity index (χ3v) is 3.23. The highest BCUT2D eigenvalue weighted by atomic mass is 16.6. The molecule has 0 aromatic carbocycles. The Labute approximate surface area is 109 Å². The van der Waals surface area contributed by atoms with E-state index in [-0.39, 0.29) is 0 Å². The number of hydrogen-bond acceptors (Lipinski definition) is 3. The van der Waals surface area contributed by atoms with Crippen molar-refractivity contribution in [1.82, 2.24) is 4.90 Å². The fraction of sp³-hybridized carbons (Fsp3) is 0.769. The largest absolute Gasteiger partial charge is 0.379 e. The summed E-state index contributed by atoms with van der Waals surface area (Å²) in [6, 6.07) is 0. The van der Waals surface area contributed by atoms with E-state index in [0.717, 1.165) is 38.6 Å². The molecule has 104 valence electrons. The summed E-state index contributed by atoms with van der Waals surface area (Å²) in [6.07, 6.45) is 9.93. The number of unbranched alkanes of at least 4 members (excludes halogenated alkanes) is 2. The molecule has 1 fully saturated rings. The summed E-state index contributed by atoms with van der Waals surface area (Å²) in [5, 5.41) is 7.89. The maximum absolute atomic E-state index is 11.9. The van der Waals surface area contributed by atoms with Crippen LogP contribution in [0.5, 0.6) is 0 Å². The lowest BCUT2D eigenvalue weighted by atomic mass is 10.1. The van der Waals surface area contributed by atoms with Crippen LogP contribution >= 0.6 is 0 Å². The number of hydrogen-bond donors (Lipinski definition) is 1. The van der Waals surface area contributed by atoms with E-state index in [9.17, 15) is 4.79 Å². The zero-order valence-electron chi connectivity index (χ0n) is 11.2. The van der Waals surface area contributed by atoms with Crippen LogP contribution in [-0.2, 0) is 4.79 Å². The van der Waals surface area contributed by atoms with E-state index in [1.54, 1.807) is 0 Å². The van der Waals surface area contributed by atoms with Crippen molar-refractivity contribution in [2.45, 2.75) is 44.9 Å². The molecule has 0 bridgehead atoms. The molecule has 0 aromatic heterocycles. The van der Waals surface area contributed by atoms with Gasteiger partial charge in [0, 0.05) is 19.5 Å². The molecule has 0 saturated heterocycles. The highest BCUT2D eigenvalue weighted by Crippen LogP contribution is 2.26. The summed E-state index contributed by atoms with van der Waals surface area (Å²) in [6.45, 7) is 4.60. The molecule has 0 radical (unpaired) electrons. The van der Waals surface area contributed by atoms with Crippen LogP contribution in [0.3, 0.4) is 0 Å². The van der Waals surface area contributed by atoms with Gasteiger partial charge in [0.1, 0.15) is 0 Å². The summed E-state index contributed by atoms with van der Waals surface area (Å²) in [5.41, 5.74) is 0. The molecule has 0 spiro atoms. The van der Waals surface area contributed by atoms with Crippen LogP contribution in [0, 0.1) is 10.8 Å². The fourth-order valence-corrected chi connectivity index (χ4v) is 2.23. The molecule has 1 aliphatic rings. The predicted octanol–water partition coefficient (Wildman–Crippen LogP) is 3.13. The SMILES string of the molecule is C=CCCCCN(C)C(=O)C1CCCC1.O=NO. The van der Waals surface area contributed by atoms with Gasteiger partial charge in [0.25, 0.3) is 0 Å².